The van der Waals surface area contributed by atoms with Crippen molar-refractivity contribution in [2.45, 2.75) is 424 Å². The van der Waals surface area contributed by atoms with Crippen LogP contribution in [0, 0.1) is 0 Å². The van der Waals surface area contributed by atoms with Crippen LogP contribution in [0.1, 0.15) is 406 Å². The summed E-state index contributed by atoms with van der Waals surface area (Å²) in [6.45, 7) is 2.48. The van der Waals surface area contributed by atoms with Crippen molar-refractivity contribution in [2.24, 2.45) is 0 Å². The first-order chi connectivity index (χ1) is 59.2. The predicted molar refractivity (Wildman–Crippen MR) is 509 cm³/mol. The molecule has 0 rings (SSSR count). The molecule has 0 aliphatic rings. The van der Waals surface area contributed by atoms with Crippen LogP contribution in [-0.4, -0.2) is 95.9 Å². The highest BCUT2D eigenvalue weighted by Gasteiger charge is 2.30. The van der Waals surface area contributed by atoms with E-state index in [0.717, 1.165) is 167 Å². The second-order valence-corrected chi connectivity index (χ2v) is 35.0. The number of hydrogen-bond acceptors (Lipinski definition) is 14. The maximum Gasteiger partial charge on any atom is 0.472 e. The van der Waals surface area contributed by atoms with Gasteiger partial charge in [0.05, 0.1) is 26.4 Å². The number of hydrogen-bond donors (Lipinski definition) is 4. The Bertz CT molecular complexity index is 2880. The minimum absolute atomic E-state index is 0.0933. The third-order valence-electron chi connectivity index (χ3n) is 20.4. The van der Waals surface area contributed by atoms with Crippen LogP contribution in [0.5, 0.6) is 0 Å². The number of esters is 3. The highest BCUT2D eigenvalue weighted by Crippen LogP contribution is 2.45. The number of rotatable bonds is 91. The van der Waals surface area contributed by atoms with E-state index in [0.29, 0.717) is 19.3 Å². The maximum atomic E-state index is 13.1. The zero-order valence-corrected chi connectivity index (χ0v) is 78.4. The first kappa shape index (κ1) is 116. The summed E-state index contributed by atoms with van der Waals surface area (Å²) in [5, 5.41) is 20.8. The van der Waals surface area contributed by atoms with Gasteiger partial charge in [-0.15, -0.1) is 0 Å². The molecule has 0 aromatic rings. The minimum atomic E-state index is -4.95. The van der Waals surface area contributed by atoms with Crippen molar-refractivity contribution in [3.05, 3.63) is 170 Å². The van der Waals surface area contributed by atoms with Gasteiger partial charge in [-0.05, 0) is 154 Å². The van der Waals surface area contributed by atoms with Crippen molar-refractivity contribution in [1.29, 1.82) is 0 Å². The Hall–Kier alpha value is -5.09. The number of carbonyl (C=O) groups excluding carboxylic acids is 3. The summed E-state index contributed by atoms with van der Waals surface area (Å²) in [6.07, 6.45) is 123. The minimum Gasteiger partial charge on any atom is -0.463 e. The van der Waals surface area contributed by atoms with Crippen molar-refractivity contribution in [3.63, 3.8) is 0 Å². The Kier molecular flexibility index (Phi) is 90.1. The monoisotopic (exact) mass is 1730 g/mol. The molecule has 0 saturated carbocycles. The zero-order valence-electron chi connectivity index (χ0n) is 76.6. The summed E-state index contributed by atoms with van der Waals surface area (Å²) in [7, 11) is -9.82. The van der Waals surface area contributed by atoms with Gasteiger partial charge >= 0.3 is 33.6 Å². The van der Waals surface area contributed by atoms with Gasteiger partial charge in [-0.1, -0.05) is 403 Å². The van der Waals surface area contributed by atoms with Crippen LogP contribution in [0.4, 0.5) is 0 Å². The summed E-state index contributed by atoms with van der Waals surface area (Å²) >= 11 is 0. The van der Waals surface area contributed by atoms with Crippen LogP contribution in [0.2, 0.25) is 0 Å². The van der Waals surface area contributed by atoms with Gasteiger partial charge in [-0.3, -0.25) is 32.5 Å². The SMILES string of the molecule is CC/C=C\C/C=C\C/C=C\C/C=C\C/C=C\CCCCCCCCCCCCCCCCCCCC(=O)OCC(O)COP(=O)(O)OCC(O)COP(=O)(O)OCC(COC(=O)CCCCCCCCCCCCC/C=C\C/C=C\C/C=C\C/C=C\C/C=C\CC)OC(=O)CCCCCCCCCCC/C=C\C/C=C\C/C=C\C/C=C\CCCCC. The molecule has 0 aliphatic heterocycles. The molecule has 5 unspecified atom stereocenters. The van der Waals surface area contributed by atoms with E-state index in [-0.39, 0.29) is 19.3 Å². The molecule has 0 fully saturated rings. The van der Waals surface area contributed by atoms with E-state index in [1.165, 1.54) is 180 Å². The van der Waals surface area contributed by atoms with Crippen molar-refractivity contribution >= 4 is 33.6 Å². The number of ether oxygens (including phenoxy) is 3. The van der Waals surface area contributed by atoms with Gasteiger partial charge < -0.3 is 34.2 Å². The van der Waals surface area contributed by atoms with Crippen LogP contribution in [0.15, 0.2) is 170 Å². The molecule has 0 saturated heterocycles. The molecule has 16 nitrogen and oxygen atoms in total. The molecular formula is C103H176O16P2. The predicted octanol–water partition coefficient (Wildman–Crippen LogP) is 30.2. The number of allylic oxidation sites excluding steroid dienone is 28. The molecular weight excluding hydrogens is 1560 g/mol. The molecule has 0 aliphatic carbocycles. The number of aliphatic hydroxyl groups excluding tert-OH is 2. The lowest BCUT2D eigenvalue weighted by atomic mass is 10.0. The zero-order chi connectivity index (χ0) is 87.9. The molecule has 0 bridgehead atoms. The summed E-state index contributed by atoms with van der Waals surface area (Å²) < 4.78 is 61.6. The van der Waals surface area contributed by atoms with Gasteiger partial charge in [0, 0.05) is 19.3 Å². The van der Waals surface area contributed by atoms with Crippen LogP contribution >= 0.6 is 15.6 Å². The highest BCUT2D eigenvalue weighted by molar-refractivity contribution is 7.47. The number of aliphatic hydroxyl groups is 2. The summed E-state index contributed by atoms with van der Waals surface area (Å²) in [4.78, 5) is 59.1. The normalized spacial score (nSPS) is 14.5. The lowest BCUT2D eigenvalue weighted by Crippen LogP contribution is -2.30. The van der Waals surface area contributed by atoms with E-state index in [9.17, 15) is 43.5 Å². The fourth-order valence-corrected chi connectivity index (χ4v) is 14.7. The van der Waals surface area contributed by atoms with Gasteiger partial charge in [0.2, 0.25) is 0 Å². The van der Waals surface area contributed by atoms with Gasteiger partial charge in [0.25, 0.3) is 0 Å². The van der Waals surface area contributed by atoms with E-state index in [1.54, 1.807) is 0 Å². The molecule has 0 heterocycles. The first-order valence-electron chi connectivity index (χ1n) is 48.4. The van der Waals surface area contributed by atoms with Crippen molar-refractivity contribution < 1.29 is 75.8 Å². The van der Waals surface area contributed by atoms with E-state index in [1.807, 2.05) is 0 Å². The topological polar surface area (TPSA) is 231 Å². The number of carbonyl (C=O) groups is 3. The van der Waals surface area contributed by atoms with Crippen LogP contribution in [0.25, 0.3) is 0 Å². The van der Waals surface area contributed by atoms with E-state index in [4.69, 9.17) is 32.3 Å². The first-order valence-corrected chi connectivity index (χ1v) is 51.4. The van der Waals surface area contributed by atoms with Crippen LogP contribution in [-0.2, 0) is 55.8 Å². The molecule has 0 amide bonds. The van der Waals surface area contributed by atoms with Gasteiger partial charge in [0.15, 0.2) is 6.10 Å². The largest absolute Gasteiger partial charge is 0.472 e. The molecule has 0 aromatic carbocycles. The summed E-state index contributed by atoms with van der Waals surface area (Å²) in [5.41, 5.74) is 0. The molecule has 121 heavy (non-hydrogen) atoms. The average molecular weight is 1730 g/mol. The Labute approximate surface area is 739 Å². The third-order valence-corrected chi connectivity index (χ3v) is 22.3. The quantitative estimate of drug-likeness (QED) is 0.0146. The van der Waals surface area contributed by atoms with Gasteiger partial charge in [-0.25, -0.2) is 9.13 Å². The van der Waals surface area contributed by atoms with E-state index in [2.05, 4.69) is 191 Å². The van der Waals surface area contributed by atoms with Crippen molar-refractivity contribution in [2.75, 3.05) is 39.6 Å². The third kappa shape index (κ3) is 95.4. The van der Waals surface area contributed by atoms with Crippen molar-refractivity contribution in [3.8, 4) is 0 Å². The molecule has 0 radical (unpaired) electrons. The molecule has 4 N–H and O–H groups in total. The molecule has 5 atom stereocenters. The van der Waals surface area contributed by atoms with E-state index >= 15 is 0 Å². The summed E-state index contributed by atoms with van der Waals surface area (Å²) in [6, 6.07) is 0. The van der Waals surface area contributed by atoms with Crippen LogP contribution < -0.4 is 0 Å². The Balaban J connectivity index is 4.60. The lowest BCUT2D eigenvalue weighted by molar-refractivity contribution is -0.161. The van der Waals surface area contributed by atoms with E-state index < -0.39 is 91.5 Å². The number of phosphoric ester groups is 2. The number of unbranched alkanes of at least 4 members (excludes halogenated alkanes) is 40. The molecule has 694 valence electrons. The smallest absolute Gasteiger partial charge is 0.463 e. The standard InChI is InChI=1S/C103H176O16P2/c1-4-7-10-13-16-19-22-25-28-31-34-37-40-43-45-46-47-48-49-50-52-55-56-59-62-65-68-71-74-77-80-83-86-89-101(106)113-92-98(104)93-115-120(109,110)116-94-99(105)95-117-121(111,112)118-97-100(119-103(108)91-88-85-82-79-76-73-70-67-64-61-58-53-42-39-36-33-30-27-24-21-18-15-12-9-6-3)96-114-102(107)90-87-84-81-78-75-72-69-66-63-60-57-54-51-44-41-38-35-32-29-26-23-20-17-14-11-8-5-2/h7-8,10-11,16-21,25-30,34-39,43-45,51,53,58,98-100,104-105H,4-6,9,12-15,22-24,31-33,40-42,46-50,52,54-57,59-97H2,1-3H3,(H,109,110)(H,111,112)/b10-7-,11-8-,19-16-,20-17-,21-18-,28-25-,29-26-,30-27-,37-34-,38-35-,39-36-,45-43-,51-44-,58-53-. The van der Waals surface area contributed by atoms with Gasteiger partial charge in [0.1, 0.15) is 25.4 Å². The lowest BCUT2D eigenvalue weighted by Gasteiger charge is -2.21. The Morgan fingerprint density at radius 3 is 0.694 bits per heavy atom. The maximum absolute atomic E-state index is 13.1. The van der Waals surface area contributed by atoms with Crippen LogP contribution in [0.3, 0.4) is 0 Å². The summed E-state index contributed by atoms with van der Waals surface area (Å²) in [5.74, 6) is -1.57. The fourth-order valence-electron chi connectivity index (χ4n) is 13.1. The molecule has 0 aromatic heterocycles. The van der Waals surface area contributed by atoms with Gasteiger partial charge in [-0.2, -0.15) is 0 Å². The molecule has 18 heteroatoms. The number of phosphoric acid groups is 2. The average Bonchev–Trinajstić information content (AvgIpc) is 0.908. The second kappa shape index (κ2) is 94.1. The fraction of sp³-hybridized carbons (Fsp3) is 0.699. The van der Waals surface area contributed by atoms with Crippen molar-refractivity contribution in [1.82, 2.24) is 0 Å². The Morgan fingerprint density at radius 1 is 0.240 bits per heavy atom. The molecule has 0 spiro atoms. The highest BCUT2D eigenvalue weighted by atomic mass is 31.2. The second-order valence-electron chi connectivity index (χ2n) is 32.1. The Morgan fingerprint density at radius 2 is 0.438 bits per heavy atom.